The van der Waals surface area contributed by atoms with Crippen LogP contribution in [0.3, 0.4) is 0 Å². The Morgan fingerprint density at radius 1 is 1.33 bits per heavy atom. The fraction of sp³-hybridized carbons (Fsp3) is 0.267. The van der Waals surface area contributed by atoms with Crippen LogP contribution in [0.5, 0.6) is 0 Å². The van der Waals surface area contributed by atoms with Gasteiger partial charge >= 0.3 is 5.97 Å². The van der Waals surface area contributed by atoms with Crippen LogP contribution in [0, 0.1) is 11.7 Å². The smallest absolute Gasteiger partial charge is 0.358 e. The van der Waals surface area contributed by atoms with Crippen molar-refractivity contribution in [2.45, 2.75) is 20.4 Å². The van der Waals surface area contributed by atoms with Crippen molar-refractivity contribution in [2.75, 3.05) is 0 Å². The van der Waals surface area contributed by atoms with Crippen molar-refractivity contribution >= 4 is 18.1 Å². The molecule has 5 nitrogen and oxygen atoms in total. The average Bonchev–Trinajstić information content (AvgIpc) is 2.80. The fourth-order valence-electron chi connectivity index (χ4n) is 1.87. The molecule has 6 heteroatoms. The van der Waals surface area contributed by atoms with Crippen LogP contribution < -0.4 is 0 Å². The molecule has 0 radical (unpaired) electrons. The summed E-state index contributed by atoms with van der Waals surface area (Å²) >= 11 is 0. The van der Waals surface area contributed by atoms with Crippen LogP contribution in [0.1, 0.15) is 35.6 Å². The van der Waals surface area contributed by atoms with Crippen LogP contribution in [0.15, 0.2) is 24.3 Å². The highest BCUT2D eigenvalue weighted by Gasteiger charge is 2.17. The van der Waals surface area contributed by atoms with Gasteiger partial charge in [0, 0.05) is 6.54 Å². The quantitative estimate of drug-likeness (QED) is 0.919. The van der Waals surface area contributed by atoms with E-state index in [2.05, 4.69) is 10.3 Å². The summed E-state index contributed by atoms with van der Waals surface area (Å²) in [5, 5.41) is 16.7. The summed E-state index contributed by atoms with van der Waals surface area (Å²) in [6.45, 7) is 4.59. The third-order valence-corrected chi connectivity index (χ3v) is 2.82. The molecule has 0 aliphatic carbocycles. The lowest BCUT2D eigenvalue weighted by molar-refractivity contribution is 0.0690. The zero-order valence-corrected chi connectivity index (χ0v) is 11.8. The number of rotatable bonds is 5. The monoisotopic (exact) mass is 289 g/mol. The third-order valence-electron chi connectivity index (χ3n) is 2.82. The normalized spacial score (nSPS) is 11.4. The first kappa shape index (κ1) is 14.9. The molecule has 0 amide bonds. The number of hydrogen-bond acceptors (Lipinski definition) is 3. The number of aromatic nitrogens is 3. The first-order chi connectivity index (χ1) is 9.97. The highest BCUT2D eigenvalue weighted by atomic mass is 19.1. The van der Waals surface area contributed by atoms with E-state index in [1.54, 1.807) is 29.0 Å². The van der Waals surface area contributed by atoms with Crippen molar-refractivity contribution in [1.29, 1.82) is 0 Å². The number of hydrogen-bond donors (Lipinski definition) is 1. The molecular formula is C15H16FN3O2. The van der Waals surface area contributed by atoms with Crippen LogP contribution in [0.25, 0.3) is 12.2 Å². The Balaban J connectivity index is 2.34. The molecule has 0 bridgehead atoms. The van der Waals surface area contributed by atoms with Gasteiger partial charge in [0.2, 0.25) is 0 Å². The van der Waals surface area contributed by atoms with Crippen LogP contribution >= 0.6 is 0 Å². The van der Waals surface area contributed by atoms with Gasteiger partial charge in [-0.25, -0.2) is 13.9 Å². The molecule has 2 rings (SSSR count). The van der Waals surface area contributed by atoms with E-state index in [1.165, 1.54) is 12.1 Å². The highest BCUT2D eigenvalue weighted by Crippen LogP contribution is 2.13. The molecule has 0 aliphatic rings. The van der Waals surface area contributed by atoms with E-state index in [-0.39, 0.29) is 11.5 Å². The minimum Gasteiger partial charge on any atom is -0.476 e. The zero-order valence-electron chi connectivity index (χ0n) is 11.8. The van der Waals surface area contributed by atoms with Gasteiger partial charge in [-0.2, -0.15) is 0 Å². The first-order valence-electron chi connectivity index (χ1n) is 6.58. The van der Waals surface area contributed by atoms with Gasteiger partial charge in [0.15, 0.2) is 5.69 Å². The molecule has 1 aromatic carbocycles. The lowest BCUT2D eigenvalue weighted by atomic mass is 10.1. The summed E-state index contributed by atoms with van der Waals surface area (Å²) in [5.41, 5.74) is 1.11. The number of carbonyl (C=O) groups is 1. The Morgan fingerprint density at radius 3 is 2.57 bits per heavy atom. The Kier molecular flexibility index (Phi) is 4.47. The van der Waals surface area contributed by atoms with Gasteiger partial charge in [0.1, 0.15) is 5.82 Å². The van der Waals surface area contributed by atoms with Crippen LogP contribution in [-0.4, -0.2) is 26.1 Å². The number of carboxylic acid groups (broad SMARTS) is 1. The molecule has 0 saturated heterocycles. The number of benzene rings is 1. The fourth-order valence-corrected chi connectivity index (χ4v) is 1.87. The van der Waals surface area contributed by atoms with Gasteiger partial charge in [0.05, 0.1) is 5.69 Å². The topological polar surface area (TPSA) is 68.0 Å². The zero-order chi connectivity index (χ0) is 15.4. The molecule has 0 atom stereocenters. The van der Waals surface area contributed by atoms with Crippen LogP contribution in [0.4, 0.5) is 4.39 Å². The summed E-state index contributed by atoms with van der Waals surface area (Å²) in [6, 6.07) is 5.93. The summed E-state index contributed by atoms with van der Waals surface area (Å²) in [4.78, 5) is 11.2. The van der Waals surface area contributed by atoms with Crippen molar-refractivity contribution in [3.63, 3.8) is 0 Å². The maximum absolute atomic E-state index is 12.9. The van der Waals surface area contributed by atoms with Gasteiger partial charge in [-0.05, 0) is 29.7 Å². The average molecular weight is 289 g/mol. The van der Waals surface area contributed by atoms with Gasteiger partial charge in [0.25, 0.3) is 0 Å². The van der Waals surface area contributed by atoms with Gasteiger partial charge in [-0.3, -0.25) is 0 Å². The predicted octanol–water partition coefficient (Wildman–Crippen LogP) is 2.94. The Hall–Kier alpha value is -2.50. The molecule has 1 aromatic heterocycles. The first-order valence-corrected chi connectivity index (χ1v) is 6.58. The SMILES string of the molecule is CC(C)Cn1nnc(C(=O)O)c1/C=C/c1ccc(F)cc1. The van der Waals surface area contributed by atoms with E-state index in [0.29, 0.717) is 18.2 Å². The highest BCUT2D eigenvalue weighted by molar-refractivity contribution is 5.90. The number of halogens is 1. The summed E-state index contributed by atoms with van der Waals surface area (Å²) in [5.74, 6) is -1.13. The minimum atomic E-state index is -1.12. The molecule has 0 aliphatic heterocycles. The van der Waals surface area contributed by atoms with E-state index in [4.69, 9.17) is 5.11 Å². The second-order valence-electron chi connectivity index (χ2n) is 5.09. The van der Waals surface area contributed by atoms with Crippen molar-refractivity contribution in [3.05, 3.63) is 47.0 Å². The van der Waals surface area contributed by atoms with Gasteiger partial charge < -0.3 is 5.11 Å². The lowest BCUT2D eigenvalue weighted by Gasteiger charge is -2.06. The molecule has 21 heavy (non-hydrogen) atoms. The van der Waals surface area contributed by atoms with Crippen molar-refractivity contribution in [1.82, 2.24) is 15.0 Å². The predicted molar refractivity (Wildman–Crippen MR) is 77.1 cm³/mol. The van der Waals surface area contributed by atoms with E-state index in [0.717, 1.165) is 5.56 Å². The molecule has 2 aromatic rings. The molecule has 0 unspecified atom stereocenters. The summed E-state index contributed by atoms with van der Waals surface area (Å²) in [7, 11) is 0. The van der Waals surface area contributed by atoms with E-state index >= 15 is 0 Å². The summed E-state index contributed by atoms with van der Waals surface area (Å²) in [6.07, 6.45) is 3.35. The summed E-state index contributed by atoms with van der Waals surface area (Å²) < 4.78 is 14.4. The van der Waals surface area contributed by atoms with E-state index < -0.39 is 5.97 Å². The Bertz CT molecular complexity index is 660. The second kappa shape index (κ2) is 6.30. The molecule has 110 valence electrons. The Morgan fingerprint density at radius 2 is 2.00 bits per heavy atom. The molecular weight excluding hydrogens is 273 g/mol. The Labute approximate surface area is 121 Å². The molecule has 1 heterocycles. The van der Waals surface area contributed by atoms with Crippen molar-refractivity contribution in [3.8, 4) is 0 Å². The van der Waals surface area contributed by atoms with Gasteiger partial charge in [-0.15, -0.1) is 5.10 Å². The number of nitrogens with zero attached hydrogens (tertiary/aromatic N) is 3. The number of carboxylic acids is 1. The lowest BCUT2D eigenvalue weighted by Crippen LogP contribution is -2.09. The van der Waals surface area contributed by atoms with Crippen molar-refractivity contribution in [2.24, 2.45) is 5.92 Å². The molecule has 1 N–H and O–H groups in total. The van der Waals surface area contributed by atoms with Crippen LogP contribution in [0.2, 0.25) is 0 Å². The number of aromatic carboxylic acids is 1. The van der Waals surface area contributed by atoms with E-state index in [1.807, 2.05) is 13.8 Å². The maximum Gasteiger partial charge on any atom is 0.358 e. The van der Waals surface area contributed by atoms with Gasteiger partial charge in [-0.1, -0.05) is 37.3 Å². The third kappa shape index (κ3) is 3.75. The molecule has 0 fully saturated rings. The molecule has 0 spiro atoms. The standard InChI is InChI=1S/C15H16FN3O2/c1-10(2)9-19-13(14(15(20)21)17-18-19)8-5-11-3-6-12(16)7-4-11/h3-8,10H,9H2,1-2H3,(H,20,21)/b8-5+. The van der Waals surface area contributed by atoms with Crippen LogP contribution in [-0.2, 0) is 6.54 Å². The van der Waals surface area contributed by atoms with E-state index in [9.17, 15) is 9.18 Å². The minimum absolute atomic E-state index is 0.0889. The van der Waals surface area contributed by atoms with Crippen molar-refractivity contribution < 1.29 is 14.3 Å². The second-order valence-corrected chi connectivity index (χ2v) is 5.09. The maximum atomic E-state index is 12.9. The molecule has 0 saturated carbocycles. The largest absolute Gasteiger partial charge is 0.476 e.